The van der Waals surface area contributed by atoms with Crippen LogP contribution in [0.1, 0.15) is 45.7 Å². The van der Waals surface area contributed by atoms with Crippen molar-refractivity contribution in [2.45, 2.75) is 45.8 Å². The summed E-state index contributed by atoms with van der Waals surface area (Å²) < 4.78 is 5.29. The Morgan fingerprint density at radius 3 is 2.35 bits per heavy atom. The van der Waals surface area contributed by atoms with Gasteiger partial charge in [0.2, 0.25) is 0 Å². The first-order chi connectivity index (χ1) is 9.46. The minimum Gasteiger partial charge on any atom is -0.369 e. The van der Waals surface area contributed by atoms with Crippen molar-refractivity contribution >= 4 is 11.6 Å². The quantitative estimate of drug-likeness (QED) is 0.805. The van der Waals surface area contributed by atoms with Crippen LogP contribution in [0.3, 0.4) is 0 Å². The highest BCUT2D eigenvalue weighted by Gasteiger charge is 2.30. The van der Waals surface area contributed by atoms with Gasteiger partial charge in [0.25, 0.3) is 5.91 Å². The lowest BCUT2D eigenvalue weighted by Crippen LogP contribution is -2.41. The highest BCUT2D eigenvalue weighted by molar-refractivity contribution is 5.97. The van der Waals surface area contributed by atoms with Crippen LogP contribution < -0.4 is 10.6 Å². The second kappa shape index (κ2) is 7.41. The number of ether oxygens (including phenoxy) is 1. The Labute approximate surface area is 121 Å². The Hall–Kier alpha value is -1.39. The monoisotopic (exact) mass is 278 g/mol. The SMILES string of the molecule is CCNC(C)c1ccc(NC(=O)C(C)(CC)OC)cc1. The molecule has 2 N–H and O–H groups in total. The molecule has 2 unspecified atom stereocenters. The van der Waals surface area contributed by atoms with Gasteiger partial charge in [-0.1, -0.05) is 26.0 Å². The summed E-state index contributed by atoms with van der Waals surface area (Å²) in [6, 6.07) is 8.21. The van der Waals surface area contributed by atoms with Crippen LogP contribution in [-0.4, -0.2) is 25.2 Å². The van der Waals surface area contributed by atoms with Gasteiger partial charge in [0.1, 0.15) is 5.60 Å². The van der Waals surface area contributed by atoms with Crippen LogP contribution in [0.25, 0.3) is 0 Å². The third kappa shape index (κ3) is 4.05. The second-order valence-corrected chi connectivity index (χ2v) is 5.14. The number of carbonyl (C=O) groups excluding carboxylic acids is 1. The number of nitrogens with one attached hydrogen (secondary N) is 2. The molecule has 0 radical (unpaired) electrons. The summed E-state index contributed by atoms with van der Waals surface area (Å²) in [6.45, 7) is 8.87. The summed E-state index contributed by atoms with van der Waals surface area (Å²) in [4.78, 5) is 12.2. The van der Waals surface area contributed by atoms with Gasteiger partial charge in [0.15, 0.2) is 0 Å². The van der Waals surface area contributed by atoms with Crippen molar-refractivity contribution < 1.29 is 9.53 Å². The molecule has 1 amide bonds. The first-order valence-corrected chi connectivity index (χ1v) is 7.16. The molecular weight excluding hydrogens is 252 g/mol. The van der Waals surface area contributed by atoms with E-state index in [1.165, 1.54) is 5.56 Å². The maximum atomic E-state index is 12.2. The van der Waals surface area contributed by atoms with E-state index in [9.17, 15) is 4.79 Å². The van der Waals surface area contributed by atoms with Crippen molar-refractivity contribution in [2.75, 3.05) is 19.0 Å². The molecule has 0 aliphatic heterocycles. The van der Waals surface area contributed by atoms with Gasteiger partial charge in [0, 0.05) is 18.8 Å². The van der Waals surface area contributed by atoms with Crippen molar-refractivity contribution in [3.63, 3.8) is 0 Å². The van der Waals surface area contributed by atoms with Gasteiger partial charge in [-0.2, -0.15) is 0 Å². The number of carbonyl (C=O) groups is 1. The van der Waals surface area contributed by atoms with Crippen molar-refractivity contribution in [3.8, 4) is 0 Å². The number of benzene rings is 1. The predicted octanol–water partition coefficient (Wildman–Crippen LogP) is 3.11. The van der Waals surface area contributed by atoms with E-state index in [1.54, 1.807) is 14.0 Å². The zero-order valence-electron chi connectivity index (χ0n) is 13.1. The molecule has 1 rings (SSSR count). The van der Waals surface area contributed by atoms with Gasteiger partial charge in [-0.3, -0.25) is 4.79 Å². The molecule has 4 heteroatoms. The lowest BCUT2D eigenvalue weighted by atomic mass is 10.0. The van der Waals surface area contributed by atoms with E-state index in [2.05, 4.69) is 24.5 Å². The zero-order chi connectivity index (χ0) is 15.2. The maximum Gasteiger partial charge on any atom is 0.256 e. The molecule has 0 aliphatic carbocycles. The highest BCUT2D eigenvalue weighted by Crippen LogP contribution is 2.19. The molecule has 4 nitrogen and oxygen atoms in total. The molecule has 0 aromatic heterocycles. The Balaban J connectivity index is 2.73. The smallest absolute Gasteiger partial charge is 0.256 e. The van der Waals surface area contributed by atoms with Gasteiger partial charge in [-0.05, 0) is 44.5 Å². The topological polar surface area (TPSA) is 50.4 Å². The molecule has 20 heavy (non-hydrogen) atoms. The van der Waals surface area contributed by atoms with Gasteiger partial charge in [-0.25, -0.2) is 0 Å². The fraction of sp³-hybridized carbons (Fsp3) is 0.562. The number of amides is 1. The van der Waals surface area contributed by atoms with Crippen LogP contribution in [0.4, 0.5) is 5.69 Å². The van der Waals surface area contributed by atoms with Crippen LogP contribution >= 0.6 is 0 Å². The molecule has 0 bridgehead atoms. The Morgan fingerprint density at radius 1 is 1.30 bits per heavy atom. The summed E-state index contributed by atoms with van der Waals surface area (Å²) in [6.07, 6.45) is 0.630. The summed E-state index contributed by atoms with van der Waals surface area (Å²) in [5.74, 6) is -0.116. The van der Waals surface area contributed by atoms with Gasteiger partial charge in [0.05, 0.1) is 0 Å². The Kier molecular flexibility index (Phi) is 6.17. The number of methoxy groups -OCH3 is 1. The summed E-state index contributed by atoms with van der Waals surface area (Å²) >= 11 is 0. The number of hydrogen-bond donors (Lipinski definition) is 2. The fourth-order valence-electron chi connectivity index (χ4n) is 1.94. The third-order valence-electron chi connectivity index (χ3n) is 3.78. The lowest BCUT2D eigenvalue weighted by molar-refractivity contribution is -0.136. The van der Waals surface area contributed by atoms with Crippen LogP contribution in [-0.2, 0) is 9.53 Å². The standard InChI is InChI=1S/C16H26N2O2/c1-6-16(4,20-5)15(19)18-14-10-8-13(9-11-14)12(3)17-7-2/h8-12,17H,6-7H2,1-5H3,(H,18,19). The molecule has 1 aromatic rings. The molecular formula is C16H26N2O2. The van der Waals surface area contributed by atoms with Crippen LogP contribution in [0.2, 0.25) is 0 Å². The van der Waals surface area contributed by atoms with E-state index >= 15 is 0 Å². The summed E-state index contributed by atoms with van der Waals surface area (Å²) in [7, 11) is 1.56. The van der Waals surface area contributed by atoms with E-state index < -0.39 is 5.60 Å². The van der Waals surface area contributed by atoms with Crippen LogP contribution in [0.5, 0.6) is 0 Å². The van der Waals surface area contributed by atoms with E-state index in [-0.39, 0.29) is 5.91 Å². The Morgan fingerprint density at radius 2 is 1.90 bits per heavy atom. The minimum atomic E-state index is -0.782. The molecule has 0 heterocycles. The third-order valence-corrected chi connectivity index (χ3v) is 3.78. The molecule has 0 spiro atoms. The largest absolute Gasteiger partial charge is 0.369 e. The molecule has 2 atom stereocenters. The van der Waals surface area contributed by atoms with E-state index in [4.69, 9.17) is 4.74 Å². The summed E-state index contributed by atoms with van der Waals surface area (Å²) in [5.41, 5.74) is 1.21. The maximum absolute atomic E-state index is 12.2. The molecule has 0 saturated carbocycles. The summed E-state index contributed by atoms with van der Waals surface area (Å²) in [5, 5.41) is 6.26. The zero-order valence-corrected chi connectivity index (χ0v) is 13.1. The number of rotatable bonds is 7. The van der Waals surface area contributed by atoms with Gasteiger partial charge < -0.3 is 15.4 Å². The molecule has 0 fully saturated rings. The molecule has 0 saturated heterocycles. The Bertz CT molecular complexity index is 425. The highest BCUT2D eigenvalue weighted by atomic mass is 16.5. The van der Waals surface area contributed by atoms with E-state index in [1.807, 2.05) is 31.2 Å². The van der Waals surface area contributed by atoms with Crippen molar-refractivity contribution in [1.82, 2.24) is 5.32 Å². The number of anilines is 1. The second-order valence-electron chi connectivity index (χ2n) is 5.14. The normalized spacial score (nSPS) is 15.4. The van der Waals surface area contributed by atoms with Crippen molar-refractivity contribution in [2.24, 2.45) is 0 Å². The average Bonchev–Trinajstić information content (AvgIpc) is 2.47. The molecule has 1 aromatic carbocycles. The lowest BCUT2D eigenvalue weighted by Gasteiger charge is -2.25. The van der Waals surface area contributed by atoms with E-state index in [0.29, 0.717) is 12.5 Å². The average molecular weight is 278 g/mol. The molecule has 0 aliphatic rings. The van der Waals surface area contributed by atoms with Gasteiger partial charge in [-0.15, -0.1) is 0 Å². The van der Waals surface area contributed by atoms with Crippen LogP contribution in [0, 0.1) is 0 Å². The van der Waals surface area contributed by atoms with Gasteiger partial charge >= 0.3 is 0 Å². The van der Waals surface area contributed by atoms with E-state index in [0.717, 1.165) is 12.2 Å². The van der Waals surface area contributed by atoms with Crippen molar-refractivity contribution in [3.05, 3.63) is 29.8 Å². The first-order valence-electron chi connectivity index (χ1n) is 7.16. The number of hydrogen-bond acceptors (Lipinski definition) is 3. The fourth-order valence-corrected chi connectivity index (χ4v) is 1.94. The van der Waals surface area contributed by atoms with Crippen molar-refractivity contribution in [1.29, 1.82) is 0 Å². The van der Waals surface area contributed by atoms with Crippen LogP contribution in [0.15, 0.2) is 24.3 Å². The minimum absolute atomic E-state index is 0.116. The first kappa shape index (κ1) is 16.7. The molecule has 112 valence electrons. The predicted molar refractivity (Wildman–Crippen MR) is 82.9 cm³/mol.